The summed E-state index contributed by atoms with van der Waals surface area (Å²) in [4.78, 5) is 0. The van der Waals surface area contributed by atoms with Crippen LogP contribution in [0.15, 0.2) is 54.6 Å². The van der Waals surface area contributed by atoms with E-state index < -0.39 is 11.4 Å². The molecule has 4 heteroatoms. The van der Waals surface area contributed by atoms with Crippen molar-refractivity contribution in [2.45, 2.75) is 17.8 Å². The molecule has 0 bridgehead atoms. The van der Waals surface area contributed by atoms with Gasteiger partial charge in [0.25, 0.3) is 0 Å². The molecule has 0 aliphatic carbocycles. The highest BCUT2D eigenvalue weighted by Gasteiger charge is 2.50. The number of para-hydroxylation sites is 1. The number of ether oxygens (including phenoxy) is 1. The Morgan fingerprint density at radius 1 is 0.842 bits per heavy atom. The number of benzene rings is 2. The van der Waals surface area contributed by atoms with Gasteiger partial charge in [0.2, 0.25) is 5.72 Å². The molecule has 0 saturated carbocycles. The highest BCUT2D eigenvalue weighted by molar-refractivity contribution is 5.41. The maximum atomic E-state index is 6.40. The zero-order chi connectivity index (χ0) is 13.5. The topological polar surface area (TPSA) is 87.3 Å². The van der Waals surface area contributed by atoms with Crippen LogP contribution in [-0.4, -0.2) is 5.66 Å². The van der Waals surface area contributed by atoms with Crippen LogP contribution in [0.4, 0.5) is 0 Å². The van der Waals surface area contributed by atoms with Crippen molar-refractivity contribution >= 4 is 0 Å². The fourth-order valence-corrected chi connectivity index (χ4v) is 2.48. The van der Waals surface area contributed by atoms with Crippen molar-refractivity contribution in [3.05, 3.63) is 65.7 Å². The van der Waals surface area contributed by atoms with Crippen LogP contribution in [-0.2, 0) is 12.1 Å². The highest BCUT2D eigenvalue weighted by Crippen LogP contribution is 2.38. The first-order chi connectivity index (χ1) is 9.03. The quantitative estimate of drug-likeness (QED) is 0.665. The maximum absolute atomic E-state index is 6.40. The summed E-state index contributed by atoms with van der Waals surface area (Å²) in [5.41, 5.74) is 18.2. The first kappa shape index (κ1) is 12.2. The lowest BCUT2D eigenvalue weighted by Gasteiger charge is -2.47. The molecule has 19 heavy (non-hydrogen) atoms. The van der Waals surface area contributed by atoms with Crippen LogP contribution in [0.2, 0.25) is 0 Å². The lowest BCUT2D eigenvalue weighted by molar-refractivity contribution is -0.0243. The first-order valence-corrected chi connectivity index (χ1v) is 6.22. The Balaban J connectivity index is 2.12. The van der Waals surface area contributed by atoms with E-state index in [0.717, 1.165) is 16.9 Å². The summed E-state index contributed by atoms with van der Waals surface area (Å²) in [6.45, 7) is 0. The third kappa shape index (κ3) is 1.81. The van der Waals surface area contributed by atoms with Crippen molar-refractivity contribution in [2.24, 2.45) is 17.2 Å². The fourth-order valence-electron chi connectivity index (χ4n) is 2.48. The SMILES string of the molecule is NC1(N)Cc2ccccc2OC1(N)c1ccccc1. The Hall–Kier alpha value is -1.88. The minimum atomic E-state index is -1.23. The van der Waals surface area contributed by atoms with Crippen LogP contribution in [0.25, 0.3) is 0 Å². The van der Waals surface area contributed by atoms with Crippen molar-refractivity contribution in [2.75, 3.05) is 0 Å². The summed E-state index contributed by atoms with van der Waals surface area (Å²) in [6, 6.07) is 17.1. The van der Waals surface area contributed by atoms with Crippen LogP contribution >= 0.6 is 0 Å². The van der Waals surface area contributed by atoms with Gasteiger partial charge in [-0.1, -0.05) is 48.5 Å². The van der Waals surface area contributed by atoms with Crippen molar-refractivity contribution in [3.8, 4) is 5.75 Å². The molecular formula is C15H17N3O. The summed E-state index contributed by atoms with van der Waals surface area (Å²) in [5.74, 6) is 0.736. The van der Waals surface area contributed by atoms with Gasteiger partial charge in [0, 0.05) is 12.0 Å². The third-order valence-electron chi connectivity index (χ3n) is 3.62. The summed E-state index contributed by atoms with van der Waals surface area (Å²) >= 11 is 0. The van der Waals surface area contributed by atoms with Gasteiger partial charge in [-0.25, -0.2) is 0 Å². The van der Waals surface area contributed by atoms with Gasteiger partial charge in [0.15, 0.2) is 0 Å². The molecule has 0 radical (unpaired) electrons. The molecule has 1 atom stereocenters. The minimum absolute atomic E-state index is 0.467. The van der Waals surface area contributed by atoms with Crippen LogP contribution in [0.1, 0.15) is 11.1 Å². The van der Waals surface area contributed by atoms with Gasteiger partial charge in [-0.05, 0) is 11.6 Å². The van der Waals surface area contributed by atoms with E-state index in [4.69, 9.17) is 21.9 Å². The fraction of sp³-hybridized carbons (Fsp3) is 0.200. The number of hydrogen-bond acceptors (Lipinski definition) is 4. The molecule has 3 rings (SSSR count). The van der Waals surface area contributed by atoms with Crippen molar-refractivity contribution in [1.82, 2.24) is 0 Å². The zero-order valence-corrected chi connectivity index (χ0v) is 10.5. The zero-order valence-electron chi connectivity index (χ0n) is 10.5. The molecule has 1 aliphatic rings. The van der Waals surface area contributed by atoms with E-state index in [1.54, 1.807) is 0 Å². The summed E-state index contributed by atoms with van der Waals surface area (Å²) in [7, 11) is 0. The molecule has 0 aromatic heterocycles. The number of hydrogen-bond donors (Lipinski definition) is 3. The van der Waals surface area contributed by atoms with Crippen molar-refractivity contribution in [3.63, 3.8) is 0 Å². The predicted octanol–water partition coefficient (Wildman–Crippen LogP) is 1.05. The highest BCUT2D eigenvalue weighted by atomic mass is 16.5. The van der Waals surface area contributed by atoms with Crippen LogP contribution < -0.4 is 21.9 Å². The summed E-state index contributed by atoms with van der Waals surface area (Å²) in [6.07, 6.45) is 0.467. The molecule has 2 aromatic rings. The molecule has 1 aliphatic heterocycles. The van der Waals surface area contributed by atoms with Gasteiger partial charge in [0.1, 0.15) is 11.4 Å². The Bertz CT molecular complexity index is 597. The second-order valence-corrected chi connectivity index (χ2v) is 5.03. The van der Waals surface area contributed by atoms with Gasteiger partial charge < -0.3 is 16.2 Å². The summed E-state index contributed by atoms with van der Waals surface area (Å²) in [5, 5.41) is 0. The second kappa shape index (κ2) is 4.06. The van der Waals surface area contributed by atoms with Crippen molar-refractivity contribution in [1.29, 1.82) is 0 Å². The lowest BCUT2D eigenvalue weighted by atomic mass is 9.83. The average Bonchev–Trinajstić information content (AvgIpc) is 2.40. The Morgan fingerprint density at radius 2 is 1.47 bits per heavy atom. The standard InChI is InChI=1S/C15H17N3O/c16-14(17)10-11-6-4-5-9-13(11)19-15(14,18)12-7-2-1-3-8-12/h1-9H,10,16-18H2. The molecule has 0 amide bonds. The smallest absolute Gasteiger partial charge is 0.216 e. The van der Waals surface area contributed by atoms with Crippen LogP contribution in [0.3, 0.4) is 0 Å². The Kier molecular flexibility index (Phi) is 2.60. The number of nitrogens with two attached hydrogens (primary N) is 3. The van der Waals surface area contributed by atoms with E-state index in [1.807, 2.05) is 54.6 Å². The number of rotatable bonds is 1. The molecule has 0 spiro atoms. The van der Waals surface area contributed by atoms with Crippen molar-refractivity contribution < 1.29 is 4.74 Å². The van der Waals surface area contributed by atoms with Gasteiger partial charge in [-0.2, -0.15) is 0 Å². The predicted molar refractivity (Wildman–Crippen MR) is 74.2 cm³/mol. The molecule has 1 unspecified atom stereocenters. The first-order valence-electron chi connectivity index (χ1n) is 6.22. The monoisotopic (exact) mass is 255 g/mol. The minimum Gasteiger partial charge on any atom is -0.465 e. The molecule has 2 aromatic carbocycles. The maximum Gasteiger partial charge on any atom is 0.216 e. The van der Waals surface area contributed by atoms with Gasteiger partial charge in [0.05, 0.1) is 0 Å². The molecular weight excluding hydrogens is 238 g/mol. The van der Waals surface area contributed by atoms with E-state index in [9.17, 15) is 0 Å². The number of fused-ring (bicyclic) bond motifs is 1. The van der Waals surface area contributed by atoms with Crippen LogP contribution in [0, 0.1) is 0 Å². The van der Waals surface area contributed by atoms with Gasteiger partial charge >= 0.3 is 0 Å². The summed E-state index contributed by atoms with van der Waals surface area (Å²) < 4.78 is 5.95. The Morgan fingerprint density at radius 3 is 2.21 bits per heavy atom. The molecule has 0 fully saturated rings. The third-order valence-corrected chi connectivity index (χ3v) is 3.62. The van der Waals surface area contributed by atoms with E-state index in [0.29, 0.717) is 6.42 Å². The van der Waals surface area contributed by atoms with Crippen LogP contribution in [0.5, 0.6) is 5.75 Å². The lowest BCUT2D eigenvalue weighted by Crippen LogP contribution is -2.74. The Labute approximate surface area is 112 Å². The van der Waals surface area contributed by atoms with E-state index >= 15 is 0 Å². The molecule has 1 heterocycles. The van der Waals surface area contributed by atoms with Gasteiger partial charge in [-0.3, -0.25) is 5.73 Å². The van der Waals surface area contributed by atoms with E-state index in [-0.39, 0.29) is 0 Å². The molecule has 0 saturated heterocycles. The second-order valence-electron chi connectivity index (χ2n) is 5.03. The van der Waals surface area contributed by atoms with E-state index in [1.165, 1.54) is 0 Å². The molecule has 6 N–H and O–H groups in total. The van der Waals surface area contributed by atoms with Gasteiger partial charge in [-0.15, -0.1) is 0 Å². The normalized spacial score (nSPS) is 24.4. The molecule has 98 valence electrons. The average molecular weight is 255 g/mol. The largest absolute Gasteiger partial charge is 0.465 e. The van der Waals surface area contributed by atoms with E-state index in [2.05, 4.69) is 0 Å². The molecule has 4 nitrogen and oxygen atoms in total.